The molecule has 8 heteroatoms. The second-order valence-corrected chi connectivity index (χ2v) is 8.92. The fraction of sp³-hybridized carbons (Fsp3) is 0.333. The molecule has 29 heavy (non-hydrogen) atoms. The number of pyridine rings is 1. The molecule has 1 saturated heterocycles. The van der Waals surface area contributed by atoms with Gasteiger partial charge in [0, 0.05) is 25.5 Å². The summed E-state index contributed by atoms with van der Waals surface area (Å²) >= 11 is 0. The lowest BCUT2D eigenvalue weighted by Crippen LogP contribution is -2.36. The van der Waals surface area contributed by atoms with Crippen molar-refractivity contribution in [2.24, 2.45) is 5.92 Å². The number of anilines is 1. The Kier molecular flexibility index (Phi) is 5.64. The molecule has 0 N–H and O–H groups in total. The van der Waals surface area contributed by atoms with Crippen LogP contribution < -0.4 is 4.90 Å². The van der Waals surface area contributed by atoms with Gasteiger partial charge in [0.15, 0.2) is 0 Å². The standard InChI is InChI=1S/C21H24N4O3S/c1-17-5-7-19(8-6-17)29(26,27)28-15-18-9-12-24(13-10-18)20-3-2-4-21(23-20)25-14-11-22-16-25/h2-8,11,14,16,18H,9-10,12-13,15H2,1H3. The van der Waals surface area contributed by atoms with E-state index in [4.69, 9.17) is 9.17 Å². The topological polar surface area (TPSA) is 77.3 Å². The van der Waals surface area contributed by atoms with Crippen molar-refractivity contribution in [3.8, 4) is 5.82 Å². The molecule has 4 rings (SSSR count). The molecule has 1 fully saturated rings. The third-order valence-electron chi connectivity index (χ3n) is 5.20. The molecule has 7 nitrogen and oxygen atoms in total. The monoisotopic (exact) mass is 412 g/mol. The maximum Gasteiger partial charge on any atom is 0.296 e. The number of piperidine rings is 1. The predicted octanol–water partition coefficient (Wildman–Crippen LogP) is 3.20. The van der Waals surface area contributed by atoms with E-state index in [1.54, 1.807) is 36.8 Å². The number of imidazole rings is 1. The highest BCUT2D eigenvalue weighted by Crippen LogP contribution is 2.24. The summed E-state index contributed by atoms with van der Waals surface area (Å²) in [6.45, 7) is 3.77. The molecule has 0 spiro atoms. The molecular formula is C21H24N4O3S. The average molecular weight is 413 g/mol. The van der Waals surface area contributed by atoms with Gasteiger partial charge in [0.2, 0.25) is 0 Å². The zero-order valence-corrected chi connectivity index (χ0v) is 17.1. The van der Waals surface area contributed by atoms with Crippen LogP contribution in [0.4, 0.5) is 5.82 Å². The van der Waals surface area contributed by atoms with E-state index in [0.717, 1.165) is 43.1 Å². The molecule has 0 saturated carbocycles. The largest absolute Gasteiger partial charge is 0.357 e. The summed E-state index contributed by atoms with van der Waals surface area (Å²) in [4.78, 5) is 11.2. The minimum atomic E-state index is -3.71. The Morgan fingerprint density at radius 3 is 2.48 bits per heavy atom. The minimum Gasteiger partial charge on any atom is -0.357 e. The first kappa shape index (κ1) is 19.6. The van der Waals surface area contributed by atoms with E-state index in [-0.39, 0.29) is 17.4 Å². The maximum atomic E-state index is 12.4. The summed E-state index contributed by atoms with van der Waals surface area (Å²) in [5.41, 5.74) is 1.02. The van der Waals surface area contributed by atoms with Gasteiger partial charge < -0.3 is 4.90 Å². The molecule has 0 unspecified atom stereocenters. The number of hydrogen-bond donors (Lipinski definition) is 0. The van der Waals surface area contributed by atoms with Gasteiger partial charge in [-0.15, -0.1) is 0 Å². The molecule has 2 aromatic heterocycles. The Morgan fingerprint density at radius 1 is 1.07 bits per heavy atom. The Balaban J connectivity index is 1.33. The highest BCUT2D eigenvalue weighted by atomic mass is 32.2. The number of benzene rings is 1. The SMILES string of the molecule is Cc1ccc(S(=O)(=O)OCC2CCN(c3cccc(-n4ccnc4)n3)CC2)cc1. The van der Waals surface area contributed by atoms with Gasteiger partial charge in [0.05, 0.1) is 11.5 Å². The lowest BCUT2D eigenvalue weighted by molar-refractivity contribution is 0.228. The molecule has 0 bridgehead atoms. The summed E-state index contributed by atoms with van der Waals surface area (Å²) in [7, 11) is -3.71. The van der Waals surface area contributed by atoms with Crippen molar-refractivity contribution >= 4 is 15.9 Å². The van der Waals surface area contributed by atoms with Crippen LogP contribution in [0.3, 0.4) is 0 Å². The van der Waals surface area contributed by atoms with Crippen LogP contribution in [0.2, 0.25) is 0 Å². The molecule has 0 aliphatic carbocycles. The van der Waals surface area contributed by atoms with E-state index in [1.165, 1.54) is 0 Å². The van der Waals surface area contributed by atoms with E-state index < -0.39 is 10.1 Å². The molecule has 3 heterocycles. The molecule has 1 aliphatic rings. The van der Waals surface area contributed by atoms with Gasteiger partial charge in [-0.3, -0.25) is 8.75 Å². The van der Waals surface area contributed by atoms with Gasteiger partial charge in [-0.05, 0) is 49.9 Å². The first-order valence-corrected chi connectivity index (χ1v) is 11.1. The Hall–Kier alpha value is -2.71. The van der Waals surface area contributed by atoms with Gasteiger partial charge in [0.1, 0.15) is 18.0 Å². The first-order chi connectivity index (χ1) is 14.0. The zero-order valence-electron chi connectivity index (χ0n) is 16.3. The fourth-order valence-corrected chi connectivity index (χ4v) is 4.39. The Morgan fingerprint density at radius 2 is 1.79 bits per heavy atom. The highest BCUT2D eigenvalue weighted by molar-refractivity contribution is 7.86. The molecular weight excluding hydrogens is 388 g/mol. The molecule has 1 aromatic carbocycles. The highest BCUT2D eigenvalue weighted by Gasteiger charge is 2.23. The molecule has 152 valence electrons. The average Bonchev–Trinajstić information content (AvgIpc) is 3.28. The normalized spacial score (nSPS) is 15.6. The van der Waals surface area contributed by atoms with Crippen LogP contribution in [0, 0.1) is 12.8 Å². The summed E-state index contributed by atoms with van der Waals surface area (Å²) in [6, 6.07) is 12.7. The van der Waals surface area contributed by atoms with Crippen molar-refractivity contribution in [3.05, 3.63) is 66.7 Å². The molecule has 0 atom stereocenters. The van der Waals surface area contributed by atoms with Crippen LogP contribution in [0.1, 0.15) is 18.4 Å². The van der Waals surface area contributed by atoms with Crippen molar-refractivity contribution < 1.29 is 12.6 Å². The minimum absolute atomic E-state index is 0.209. The molecule has 0 radical (unpaired) electrons. The van der Waals surface area contributed by atoms with Crippen molar-refractivity contribution in [2.75, 3.05) is 24.6 Å². The van der Waals surface area contributed by atoms with E-state index in [1.807, 2.05) is 35.9 Å². The van der Waals surface area contributed by atoms with Crippen molar-refractivity contribution in [2.45, 2.75) is 24.7 Å². The Labute approximate surface area is 171 Å². The lowest BCUT2D eigenvalue weighted by Gasteiger charge is -2.32. The van der Waals surface area contributed by atoms with Crippen LogP contribution in [-0.4, -0.2) is 42.6 Å². The van der Waals surface area contributed by atoms with Crippen LogP contribution in [0.25, 0.3) is 5.82 Å². The van der Waals surface area contributed by atoms with Crippen molar-refractivity contribution in [3.63, 3.8) is 0 Å². The quantitative estimate of drug-likeness (QED) is 0.579. The van der Waals surface area contributed by atoms with Crippen molar-refractivity contribution in [1.29, 1.82) is 0 Å². The Bertz CT molecular complexity index is 1040. The third kappa shape index (κ3) is 4.65. The van der Waals surface area contributed by atoms with E-state index in [9.17, 15) is 8.42 Å². The molecule has 1 aliphatic heterocycles. The summed E-state index contributed by atoms with van der Waals surface area (Å²) < 4.78 is 32.0. The number of hydrogen-bond acceptors (Lipinski definition) is 6. The third-order valence-corrected chi connectivity index (χ3v) is 6.49. The van der Waals surface area contributed by atoms with Crippen LogP contribution in [0.15, 0.2) is 66.1 Å². The van der Waals surface area contributed by atoms with E-state index in [2.05, 4.69) is 9.88 Å². The maximum absolute atomic E-state index is 12.4. The van der Waals surface area contributed by atoms with Gasteiger partial charge in [-0.2, -0.15) is 8.42 Å². The summed E-state index contributed by atoms with van der Waals surface area (Å²) in [6.07, 6.45) is 7.04. The van der Waals surface area contributed by atoms with Gasteiger partial charge in [-0.25, -0.2) is 9.97 Å². The predicted molar refractivity (Wildman–Crippen MR) is 111 cm³/mol. The van der Waals surface area contributed by atoms with Gasteiger partial charge >= 0.3 is 0 Å². The van der Waals surface area contributed by atoms with Crippen molar-refractivity contribution in [1.82, 2.24) is 14.5 Å². The first-order valence-electron chi connectivity index (χ1n) is 9.68. The zero-order chi connectivity index (χ0) is 20.3. The van der Waals surface area contributed by atoms with E-state index >= 15 is 0 Å². The smallest absolute Gasteiger partial charge is 0.296 e. The second-order valence-electron chi connectivity index (χ2n) is 7.31. The van der Waals surface area contributed by atoms with Crippen LogP contribution in [-0.2, 0) is 14.3 Å². The molecule has 0 amide bonds. The van der Waals surface area contributed by atoms with Gasteiger partial charge in [0.25, 0.3) is 10.1 Å². The second kappa shape index (κ2) is 8.34. The molecule has 3 aromatic rings. The van der Waals surface area contributed by atoms with Gasteiger partial charge in [-0.1, -0.05) is 23.8 Å². The number of aromatic nitrogens is 3. The lowest BCUT2D eigenvalue weighted by atomic mass is 9.98. The summed E-state index contributed by atoms with van der Waals surface area (Å²) in [5, 5.41) is 0. The van der Waals surface area contributed by atoms with Crippen LogP contribution >= 0.6 is 0 Å². The summed E-state index contributed by atoms with van der Waals surface area (Å²) in [5.74, 6) is 1.96. The number of nitrogens with zero attached hydrogens (tertiary/aromatic N) is 4. The number of rotatable bonds is 6. The van der Waals surface area contributed by atoms with Crippen LogP contribution in [0.5, 0.6) is 0 Å². The fourth-order valence-electron chi connectivity index (χ4n) is 3.41. The van der Waals surface area contributed by atoms with E-state index in [0.29, 0.717) is 0 Å². The number of aryl methyl sites for hydroxylation is 1.